The second-order valence-corrected chi connectivity index (χ2v) is 7.34. The fourth-order valence-electron chi connectivity index (χ4n) is 3.43. The number of nitrogens with two attached hydrogens (primary N) is 1. The minimum Gasteiger partial charge on any atom is -0.397 e. The van der Waals surface area contributed by atoms with E-state index in [1.807, 2.05) is 6.92 Å². The van der Waals surface area contributed by atoms with Gasteiger partial charge in [0.05, 0.1) is 22.6 Å². The summed E-state index contributed by atoms with van der Waals surface area (Å²) in [6.07, 6.45) is -2.30. The van der Waals surface area contributed by atoms with Crippen molar-refractivity contribution in [2.75, 3.05) is 24.1 Å². The molecule has 2 heterocycles. The Bertz CT molecular complexity index is 1040. The third-order valence-electron chi connectivity index (χ3n) is 5.30. The Kier molecular flexibility index (Phi) is 6.06. The van der Waals surface area contributed by atoms with E-state index in [1.165, 1.54) is 6.07 Å². The third-order valence-corrected chi connectivity index (χ3v) is 5.30. The number of rotatable bonds is 7. The quantitative estimate of drug-likeness (QED) is 0.240. The van der Waals surface area contributed by atoms with Gasteiger partial charge in [0.25, 0.3) is 0 Å². The second kappa shape index (κ2) is 8.41. The first-order valence-electron chi connectivity index (χ1n) is 9.62. The molecule has 0 saturated carbocycles. The van der Waals surface area contributed by atoms with E-state index < -0.39 is 17.6 Å². The Morgan fingerprint density at radius 2 is 1.97 bits per heavy atom. The first-order valence-corrected chi connectivity index (χ1v) is 9.62. The van der Waals surface area contributed by atoms with Crippen molar-refractivity contribution >= 4 is 22.9 Å². The predicted octanol–water partition coefficient (Wildman–Crippen LogP) is 5.29. The van der Waals surface area contributed by atoms with Gasteiger partial charge in [0.2, 0.25) is 0 Å². The Morgan fingerprint density at radius 3 is 2.52 bits per heavy atom. The molecule has 1 aromatic carbocycles. The van der Waals surface area contributed by atoms with Crippen molar-refractivity contribution in [3.8, 4) is 0 Å². The molecule has 4 N–H and O–H groups in total. The zero-order valence-electron chi connectivity index (χ0n) is 17.0. The maximum absolute atomic E-state index is 13.3. The molecule has 0 radical (unpaired) electrons. The minimum atomic E-state index is -4.49. The minimum absolute atomic E-state index is 0.0800. The molecule has 1 fully saturated rings. The van der Waals surface area contributed by atoms with E-state index in [1.54, 1.807) is 17.2 Å². The highest BCUT2D eigenvalue weighted by atomic mass is 19.4. The average Bonchev–Trinajstić information content (AvgIpc) is 2.66. The number of hydrogen-bond acceptors (Lipinski definition) is 5. The molecule has 0 bridgehead atoms. The van der Waals surface area contributed by atoms with Gasteiger partial charge in [-0.2, -0.15) is 13.2 Å². The standard InChI is InChI=1S/C22H23F4N5/c1-4-14-7-8-29-21(30-18-6-5-16(9-17(18)27)22(24,25)26)19(14)20(28)15-10-31(11-15)13(3)12(2)23/h5-9,15,28H,2-4,10-11,27H2,1H3,(H,29,30). The van der Waals surface area contributed by atoms with Crippen LogP contribution in [-0.2, 0) is 12.6 Å². The summed E-state index contributed by atoms with van der Waals surface area (Å²) < 4.78 is 52.0. The second-order valence-electron chi connectivity index (χ2n) is 7.34. The summed E-state index contributed by atoms with van der Waals surface area (Å²) in [6.45, 7) is 9.66. The molecule has 0 unspecified atom stereocenters. The van der Waals surface area contributed by atoms with Crippen molar-refractivity contribution in [2.24, 2.45) is 5.92 Å². The van der Waals surface area contributed by atoms with Crippen molar-refractivity contribution in [3.63, 3.8) is 0 Å². The number of benzene rings is 1. The molecule has 0 atom stereocenters. The lowest BCUT2D eigenvalue weighted by molar-refractivity contribution is -0.137. The lowest BCUT2D eigenvalue weighted by Gasteiger charge is -2.42. The van der Waals surface area contributed by atoms with Gasteiger partial charge in [-0.05, 0) is 36.2 Å². The van der Waals surface area contributed by atoms with Crippen LogP contribution in [0.1, 0.15) is 23.6 Å². The molecule has 9 heteroatoms. The number of aromatic nitrogens is 1. The molecular weight excluding hydrogens is 410 g/mol. The normalized spacial score (nSPS) is 14.2. The van der Waals surface area contributed by atoms with E-state index in [9.17, 15) is 17.6 Å². The summed E-state index contributed by atoms with van der Waals surface area (Å²) in [4.78, 5) is 6.00. The van der Waals surface area contributed by atoms with E-state index in [4.69, 9.17) is 11.1 Å². The van der Waals surface area contributed by atoms with Gasteiger partial charge in [0.1, 0.15) is 11.6 Å². The zero-order chi connectivity index (χ0) is 22.9. The smallest absolute Gasteiger partial charge is 0.397 e. The Labute approximate surface area is 177 Å². The zero-order valence-corrected chi connectivity index (χ0v) is 17.0. The molecule has 0 spiro atoms. The number of nitrogens with zero attached hydrogens (tertiary/aromatic N) is 2. The van der Waals surface area contributed by atoms with Crippen LogP contribution >= 0.6 is 0 Å². The van der Waals surface area contributed by atoms with Crippen LogP contribution in [0, 0.1) is 11.3 Å². The predicted molar refractivity (Wildman–Crippen MR) is 114 cm³/mol. The van der Waals surface area contributed by atoms with E-state index in [0.717, 1.165) is 17.7 Å². The maximum atomic E-state index is 13.3. The van der Waals surface area contributed by atoms with Crippen LogP contribution < -0.4 is 11.1 Å². The molecule has 0 amide bonds. The maximum Gasteiger partial charge on any atom is 0.416 e. The third kappa shape index (κ3) is 4.55. The van der Waals surface area contributed by atoms with E-state index in [-0.39, 0.29) is 23.0 Å². The fourth-order valence-corrected chi connectivity index (χ4v) is 3.43. The SMILES string of the molecule is C=C(F)C(=C)N1CC(C(=N)c2c(CC)ccnc2Nc2ccc(C(F)(F)F)cc2N)C1. The molecule has 1 aromatic heterocycles. The van der Waals surface area contributed by atoms with Gasteiger partial charge in [-0.1, -0.05) is 20.1 Å². The van der Waals surface area contributed by atoms with Crippen molar-refractivity contribution in [3.05, 3.63) is 71.8 Å². The number of aryl methyl sites for hydroxylation is 1. The summed E-state index contributed by atoms with van der Waals surface area (Å²) in [5, 5.41) is 11.7. The molecular formula is C22H23F4N5. The Hall–Kier alpha value is -3.36. The average molecular weight is 433 g/mol. The number of alkyl halides is 3. The molecule has 164 valence electrons. The van der Waals surface area contributed by atoms with Crippen LogP contribution in [0.3, 0.4) is 0 Å². The highest BCUT2D eigenvalue weighted by Crippen LogP contribution is 2.35. The lowest BCUT2D eigenvalue weighted by Crippen LogP contribution is -2.49. The number of likely N-dealkylation sites (tertiary alicyclic amines) is 1. The van der Waals surface area contributed by atoms with Crippen molar-refractivity contribution in [1.29, 1.82) is 5.41 Å². The van der Waals surface area contributed by atoms with Gasteiger partial charge in [-0.3, -0.25) is 0 Å². The molecule has 5 nitrogen and oxygen atoms in total. The van der Waals surface area contributed by atoms with Gasteiger partial charge in [0.15, 0.2) is 0 Å². The molecule has 1 aliphatic heterocycles. The number of pyridine rings is 1. The van der Waals surface area contributed by atoms with E-state index in [2.05, 4.69) is 23.5 Å². The first kappa shape index (κ1) is 22.3. The topological polar surface area (TPSA) is 78.0 Å². The van der Waals surface area contributed by atoms with Gasteiger partial charge >= 0.3 is 6.18 Å². The summed E-state index contributed by atoms with van der Waals surface area (Å²) in [7, 11) is 0. The molecule has 2 aromatic rings. The molecule has 0 aliphatic carbocycles. The van der Waals surface area contributed by atoms with Crippen molar-refractivity contribution < 1.29 is 17.6 Å². The summed E-state index contributed by atoms with van der Waals surface area (Å²) in [5.74, 6) is -0.445. The monoisotopic (exact) mass is 433 g/mol. The molecule has 31 heavy (non-hydrogen) atoms. The Morgan fingerprint density at radius 1 is 1.29 bits per heavy atom. The first-order chi connectivity index (χ1) is 14.5. The Balaban J connectivity index is 1.88. The number of nitrogens with one attached hydrogen (secondary N) is 2. The van der Waals surface area contributed by atoms with E-state index in [0.29, 0.717) is 36.6 Å². The van der Waals surface area contributed by atoms with Crippen LogP contribution in [0.2, 0.25) is 0 Å². The number of allylic oxidation sites excluding steroid dienone is 1. The molecule has 1 aliphatic rings. The van der Waals surface area contributed by atoms with Crippen molar-refractivity contribution in [1.82, 2.24) is 9.88 Å². The van der Waals surface area contributed by atoms with Crippen LogP contribution in [0.25, 0.3) is 0 Å². The molecule has 3 rings (SSSR count). The summed E-state index contributed by atoms with van der Waals surface area (Å²) in [5.41, 5.74) is 7.11. The van der Waals surface area contributed by atoms with Gasteiger partial charge < -0.3 is 21.4 Å². The summed E-state index contributed by atoms with van der Waals surface area (Å²) >= 11 is 0. The highest BCUT2D eigenvalue weighted by molar-refractivity contribution is 6.06. The van der Waals surface area contributed by atoms with Crippen molar-refractivity contribution in [2.45, 2.75) is 19.5 Å². The van der Waals surface area contributed by atoms with E-state index >= 15 is 0 Å². The van der Waals surface area contributed by atoms with Gasteiger partial charge in [-0.25, -0.2) is 9.37 Å². The number of nitrogen functional groups attached to an aromatic ring is 1. The van der Waals surface area contributed by atoms with Gasteiger partial charge in [0, 0.05) is 36.5 Å². The number of anilines is 3. The number of halogens is 4. The highest BCUT2D eigenvalue weighted by Gasteiger charge is 2.34. The van der Waals surface area contributed by atoms with Crippen LogP contribution in [0.4, 0.5) is 34.8 Å². The summed E-state index contributed by atoms with van der Waals surface area (Å²) in [6, 6.07) is 4.83. The molecule has 1 saturated heterocycles. The fraction of sp³-hybridized carbons (Fsp3) is 0.273. The van der Waals surface area contributed by atoms with Crippen LogP contribution in [-0.4, -0.2) is 28.7 Å². The number of hydrogen-bond donors (Lipinski definition) is 3. The largest absolute Gasteiger partial charge is 0.416 e. The lowest BCUT2D eigenvalue weighted by atomic mass is 9.87. The van der Waals surface area contributed by atoms with Crippen LogP contribution in [0.15, 0.2) is 55.1 Å². The van der Waals surface area contributed by atoms with Crippen LogP contribution in [0.5, 0.6) is 0 Å². The van der Waals surface area contributed by atoms with Gasteiger partial charge in [-0.15, -0.1) is 0 Å².